The van der Waals surface area contributed by atoms with Crippen molar-refractivity contribution in [3.63, 3.8) is 0 Å². The van der Waals surface area contributed by atoms with Crippen LogP contribution in [0.25, 0.3) is 0 Å². The Bertz CT molecular complexity index is 2300. The maximum Gasteiger partial charge on any atom is 0.338 e. The molecule has 7 rings (SSSR count). The summed E-state index contributed by atoms with van der Waals surface area (Å²) in [5.74, 6) is -7.39. The maximum absolute atomic E-state index is 15.8. The molecule has 1 aliphatic heterocycles. The summed E-state index contributed by atoms with van der Waals surface area (Å²) in [4.78, 5) is 84.1. The van der Waals surface area contributed by atoms with E-state index in [9.17, 15) is 34.2 Å². The normalized spacial score (nSPS) is 31.5. The van der Waals surface area contributed by atoms with Gasteiger partial charge in [-0.25, -0.2) is 9.59 Å². The SMILES string of the molecule is CO[C@]12C(=O)[C@H](OC(C)=O)C3=C(C)[C@@H](OC(=O)[C@H](O)[C@@H](NC(=O)c4ccccc4)c4ccccc4)C[C@@](O)([C@@H](OC(=O)c4ccccc4)C1[C@]1(OC(C)=O)CO[C@@H]1C[C@@H]2C)C3(C)C. The van der Waals surface area contributed by atoms with Gasteiger partial charge in [-0.05, 0) is 60.2 Å². The number of nitrogens with one attached hydrogen (secondary N) is 1. The lowest BCUT2D eigenvalue weighted by atomic mass is 9.46. The highest BCUT2D eigenvalue weighted by atomic mass is 16.6. The zero-order valence-electron chi connectivity index (χ0n) is 36.2. The molecule has 4 aliphatic rings. The number of Topliss-reactive ketones (excluding diaryl/α,β-unsaturated/α-hetero) is 1. The molecule has 3 aromatic rings. The Labute approximate surface area is 365 Å². The first-order valence-electron chi connectivity index (χ1n) is 20.9. The van der Waals surface area contributed by atoms with Gasteiger partial charge in [0.15, 0.2) is 17.8 Å². The summed E-state index contributed by atoms with van der Waals surface area (Å²) in [6.45, 7) is 8.49. The summed E-state index contributed by atoms with van der Waals surface area (Å²) in [5.41, 5.74) is -6.82. The fourth-order valence-corrected chi connectivity index (χ4v) is 10.5. The number of amides is 1. The van der Waals surface area contributed by atoms with E-state index in [0.29, 0.717) is 5.56 Å². The van der Waals surface area contributed by atoms with Crippen molar-refractivity contribution in [2.24, 2.45) is 17.3 Å². The Morgan fingerprint density at radius 2 is 1.43 bits per heavy atom. The Balaban J connectivity index is 1.40. The van der Waals surface area contributed by atoms with Gasteiger partial charge < -0.3 is 44.0 Å². The number of fused-ring (bicyclic) bond motifs is 5. The molecule has 0 aromatic heterocycles. The standard InChI is InChI=1S/C48H53NO14/c1-26-23-34-46(25-59-34,63-29(4)51)39-41(62-43(55)32-21-15-10-16-22-32)47(57)24-33(27(2)35(45(47,5)6)38(60-28(3)50)40(53)48(26,39)58-7)61-44(56)37(52)36(30-17-11-8-12-18-30)49-42(54)31-19-13-9-14-20-31/h8-22,26,33-34,36-39,41,52,57H,23-25H2,1-7H3,(H,49,54)/t26-,33-,34+,36-,37+,38+,39?,41-,46-,47+,48-/m0/s1. The number of hydrogen-bond donors (Lipinski definition) is 3. The molecule has 334 valence electrons. The van der Waals surface area contributed by atoms with E-state index in [1.165, 1.54) is 26.2 Å². The third-order valence-electron chi connectivity index (χ3n) is 13.7. The van der Waals surface area contributed by atoms with Gasteiger partial charge in [0.25, 0.3) is 5.91 Å². The van der Waals surface area contributed by atoms with Gasteiger partial charge >= 0.3 is 23.9 Å². The number of ketones is 1. The zero-order chi connectivity index (χ0) is 45.6. The third kappa shape index (κ3) is 7.54. The molecule has 1 unspecified atom stereocenters. The van der Waals surface area contributed by atoms with Gasteiger partial charge in [-0.1, -0.05) is 87.5 Å². The van der Waals surface area contributed by atoms with Crippen molar-refractivity contribution in [2.75, 3.05) is 13.7 Å². The first-order chi connectivity index (χ1) is 29.8. The molecule has 2 bridgehead atoms. The lowest BCUT2D eigenvalue weighted by molar-refractivity contribution is -0.353. The fraction of sp³-hybridized carbons (Fsp3) is 0.458. The Morgan fingerprint density at radius 1 is 0.841 bits per heavy atom. The van der Waals surface area contributed by atoms with Crippen molar-refractivity contribution in [3.8, 4) is 0 Å². The molecule has 0 radical (unpaired) electrons. The van der Waals surface area contributed by atoms with Crippen molar-refractivity contribution in [2.45, 2.75) is 108 Å². The van der Waals surface area contributed by atoms with Crippen LogP contribution in [0.5, 0.6) is 0 Å². The topological polar surface area (TPSA) is 210 Å². The molecule has 11 atom stereocenters. The average molecular weight is 868 g/mol. The summed E-state index contributed by atoms with van der Waals surface area (Å²) in [6.07, 6.45) is -8.30. The van der Waals surface area contributed by atoms with Crippen LogP contribution >= 0.6 is 0 Å². The number of rotatable bonds is 11. The number of benzene rings is 3. The first-order valence-corrected chi connectivity index (χ1v) is 20.9. The molecule has 0 spiro atoms. The number of carbonyl (C=O) groups excluding carboxylic acids is 6. The van der Waals surface area contributed by atoms with Gasteiger partial charge in [-0.2, -0.15) is 0 Å². The molecule has 15 nitrogen and oxygen atoms in total. The molecule has 1 saturated heterocycles. The molecule has 1 amide bonds. The summed E-state index contributed by atoms with van der Waals surface area (Å²) in [6, 6.07) is 23.2. The van der Waals surface area contributed by atoms with E-state index in [1.807, 2.05) is 0 Å². The summed E-state index contributed by atoms with van der Waals surface area (Å²) >= 11 is 0. The first kappa shape index (κ1) is 45.3. The van der Waals surface area contributed by atoms with Crippen LogP contribution in [-0.4, -0.2) is 107 Å². The van der Waals surface area contributed by atoms with Crippen LogP contribution in [0, 0.1) is 17.3 Å². The fourth-order valence-electron chi connectivity index (χ4n) is 10.5. The van der Waals surface area contributed by atoms with Crippen LogP contribution < -0.4 is 5.32 Å². The Hall–Kier alpha value is -5.74. The number of carbonyl (C=O) groups is 6. The average Bonchev–Trinajstić information content (AvgIpc) is 3.25. The molecule has 3 aromatic carbocycles. The number of aliphatic hydroxyl groups excluding tert-OH is 1. The number of methoxy groups -OCH3 is 1. The lowest BCUT2D eigenvalue weighted by Crippen LogP contribution is -2.83. The van der Waals surface area contributed by atoms with E-state index >= 15 is 4.79 Å². The van der Waals surface area contributed by atoms with Crippen molar-refractivity contribution in [1.29, 1.82) is 0 Å². The number of hydrogen-bond acceptors (Lipinski definition) is 14. The molecular weight excluding hydrogens is 815 g/mol. The molecule has 63 heavy (non-hydrogen) atoms. The number of ether oxygens (including phenoxy) is 6. The molecule has 3 N–H and O–H groups in total. The van der Waals surface area contributed by atoms with E-state index in [2.05, 4.69) is 5.32 Å². The molecule has 15 heteroatoms. The maximum atomic E-state index is 15.8. The van der Waals surface area contributed by atoms with Crippen LogP contribution in [0.2, 0.25) is 0 Å². The highest BCUT2D eigenvalue weighted by Crippen LogP contribution is 2.64. The van der Waals surface area contributed by atoms with Gasteiger partial charge in [-0.15, -0.1) is 0 Å². The summed E-state index contributed by atoms with van der Waals surface area (Å²) in [5, 5.41) is 28.4. The minimum Gasteiger partial charge on any atom is -0.456 e. The van der Waals surface area contributed by atoms with Gasteiger partial charge in [0, 0.05) is 38.4 Å². The number of aliphatic hydroxyl groups is 2. The van der Waals surface area contributed by atoms with Gasteiger partial charge in [0.1, 0.15) is 29.5 Å². The Morgan fingerprint density at radius 3 is 1.97 bits per heavy atom. The van der Waals surface area contributed by atoms with Crippen LogP contribution in [0.1, 0.15) is 86.7 Å². The largest absolute Gasteiger partial charge is 0.456 e. The van der Waals surface area contributed by atoms with E-state index < -0.39 is 113 Å². The lowest BCUT2D eigenvalue weighted by Gasteiger charge is -2.67. The van der Waals surface area contributed by atoms with Gasteiger partial charge in [-0.3, -0.25) is 19.2 Å². The monoisotopic (exact) mass is 867 g/mol. The van der Waals surface area contributed by atoms with E-state index in [4.69, 9.17) is 28.4 Å². The third-order valence-corrected chi connectivity index (χ3v) is 13.7. The van der Waals surface area contributed by atoms with E-state index in [0.717, 1.165) is 6.92 Å². The minimum atomic E-state index is -2.36. The predicted molar refractivity (Wildman–Crippen MR) is 222 cm³/mol. The molecular formula is C48H53NO14. The second-order valence-electron chi connectivity index (χ2n) is 17.5. The second-order valence-corrected chi connectivity index (χ2v) is 17.5. The number of esters is 4. The quantitative estimate of drug-likeness (QED) is 0.139. The van der Waals surface area contributed by atoms with Crippen molar-refractivity contribution >= 4 is 35.6 Å². The zero-order valence-corrected chi connectivity index (χ0v) is 36.2. The van der Waals surface area contributed by atoms with Gasteiger partial charge in [0.05, 0.1) is 24.1 Å². The van der Waals surface area contributed by atoms with Crippen LogP contribution in [0.4, 0.5) is 0 Å². The predicted octanol–water partition coefficient (Wildman–Crippen LogP) is 4.39. The highest BCUT2D eigenvalue weighted by Gasteiger charge is 2.79. The minimum absolute atomic E-state index is 0.0390. The van der Waals surface area contributed by atoms with Crippen LogP contribution in [0.15, 0.2) is 102 Å². The smallest absolute Gasteiger partial charge is 0.338 e. The van der Waals surface area contributed by atoms with Gasteiger partial charge in [0.2, 0.25) is 5.78 Å². The molecule has 1 heterocycles. The summed E-state index contributed by atoms with van der Waals surface area (Å²) in [7, 11) is 1.28. The van der Waals surface area contributed by atoms with Crippen molar-refractivity contribution in [1.82, 2.24) is 5.32 Å². The van der Waals surface area contributed by atoms with E-state index in [1.54, 1.807) is 107 Å². The second kappa shape index (κ2) is 17.1. The highest BCUT2D eigenvalue weighted by molar-refractivity contribution is 5.98. The Kier molecular flexibility index (Phi) is 12.3. The van der Waals surface area contributed by atoms with Crippen LogP contribution in [-0.2, 0) is 47.6 Å². The molecule has 2 saturated carbocycles. The van der Waals surface area contributed by atoms with Crippen LogP contribution in [0.3, 0.4) is 0 Å². The molecule has 3 fully saturated rings. The summed E-state index contributed by atoms with van der Waals surface area (Å²) < 4.78 is 37.1. The van der Waals surface area contributed by atoms with Crippen molar-refractivity contribution in [3.05, 3.63) is 119 Å². The molecule has 3 aliphatic carbocycles. The van der Waals surface area contributed by atoms with Crippen molar-refractivity contribution < 1.29 is 67.4 Å². The van der Waals surface area contributed by atoms with E-state index in [-0.39, 0.29) is 35.3 Å².